The predicted octanol–water partition coefficient (Wildman–Crippen LogP) is 4.67. The van der Waals surface area contributed by atoms with Crippen LogP contribution in [0.4, 0.5) is 0 Å². The van der Waals surface area contributed by atoms with Crippen molar-refractivity contribution in [2.24, 2.45) is 5.73 Å². The second-order valence-electron chi connectivity index (χ2n) is 7.10. The number of hydrogen-bond donors (Lipinski definition) is 1. The summed E-state index contributed by atoms with van der Waals surface area (Å²) in [4.78, 5) is 13.3. The fraction of sp³-hybridized carbons (Fsp3) is 0.160. The SMILES string of the molecule is COc1ccc(-n2c(-c3ccc(Cl)cc3)c3cc(OC)c(OCCN)cc3cc2=O)cc1. The molecule has 0 saturated carbocycles. The molecule has 32 heavy (non-hydrogen) atoms. The summed E-state index contributed by atoms with van der Waals surface area (Å²) in [7, 11) is 3.19. The van der Waals surface area contributed by atoms with E-state index in [9.17, 15) is 4.79 Å². The molecule has 0 radical (unpaired) electrons. The molecule has 0 aliphatic heterocycles. The number of rotatable bonds is 7. The molecule has 4 rings (SSSR count). The van der Waals surface area contributed by atoms with Crippen LogP contribution in [-0.4, -0.2) is 31.9 Å². The van der Waals surface area contributed by atoms with Gasteiger partial charge in [-0.25, -0.2) is 0 Å². The smallest absolute Gasteiger partial charge is 0.256 e. The molecule has 0 spiro atoms. The summed E-state index contributed by atoms with van der Waals surface area (Å²) in [6.45, 7) is 0.713. The highest BCUT2D eigenvalue weighted by Gasteiger charge is 2.17. The Bertz CT molecular complexity index is 1300. The molecular formula is C25H23ClN2O4. The first-order valence-corrected chi connectivity index (χ1v) is 10.4. The van der Waals surface area contributed by atoms with Crippen LogP contribution >= 0.6 is 11.6 Å². The van der Waals surface area contributed by atoms with Crippen molar-refractivity contribution >= 4 is 22.4 Å². The van der Waals surface area contributed by atoms with Gasteiger partial charge in [0.1, 0.15) is 12.4 Å². The number of aromatic nitrogens is 1. The van der Waals surface area contributed by atoms with Gasteiger partial charge in [0, 0.05) is 28.7 Å². The van der Waals surface area contributed by atoms with Gasteiger partial charge >= 0.3 is 0 Å². The molecular weight excluding hydrogens is 428 g/mol. The lowest BCUT2D eigenvalue weighted by Crippen LogP contribution is -2.19. The second kappa shape index (κ2) is 9.34. The van der Waals surface area contributed by atoms with Crippen molar-refractivity contribution < 1.29 is 14.2 Å². The minimum atomic E-state index is -0.178. The molecule has 0 saturated heterocycles. The molecule has 2 N–H and O–H groups in total. The first kappa shape index (κ1) is 21.7. The molecule has 164 valence electrons. The molecule has 0 atom stereocenters. The van der Waals surface area contributed by atoms with Crippen molar-refractivity contribution in [1.29, 1.82) is 0 Å². The molecule has 4 aromatic rings. The van der Waals surface area contributed by atoms with Gasteiger partial charge in [-0.3, -0.25) is 9.36 Å². The van der Waals surface area contributed by atoms with Gasteiger partial charge in [-0.05, 0) is 59.5 Å². The van der Waals surface area contributed by atoms with Gasteiger partial charge in [-0.1, -0.05) is 23.7 Å². The number of pyridine rings is 1. The van der Waals surface area contributed by atoms with E-state index in [0.717, 1.165) is 22.0 Å². The van der Waals surface area contributed by atoms with E-state index in [0.29, 0.717) is 41.1 Å². The summed E-state index contributed by atoms with van der Waals surface area (Å²) in [6, 6.07) is 20.0. The normalized spacial score (nSPS) is 10.9. The number of fused-ring (bicyclic) bond motifs is 1. The highest BCUT2D eigenvalue weighted by molar-refractivity contribution is 6.30. The van der Waals surface area contributed by atoms with Gasteiger partial charge in [-0.2, -0.15) is 0 Å². The van der Waals surface area contributed by atoms with Crippen LogP contribution in [0.25, 0.3) is 27.7 Å². The van der Waals surface area contributed by atoms with Crippen molar-refractivity contribution in [2.45, 2.75) is 0 Å². The lowest BCUT2D eigenvalue weighted by Gasteiger charge is -2.18. The van der Waals surface area contributed by atoms with E-state index in [1.54, 1.807) is 37.0 Å². The molecule has 0 aliphatic rings. The summed E-state index contributed by atoms with van der Waals surface area (Å²) in [6.07, 6.45) is 0. The molecule has 6 nitrogen and oxygen atoms in total. The Labute approximate surface area is 190 Å². The number of methoxy groups -OCH3 is 2. The quantitative estimate of drug-likeness (QED) is 0.443. The third-order valence-electron chi connectivity index (χ3n) is 5.14. The number of ether oxygens (including phenoxy) is 3. The van der Waals surface area contributed by atoms with Gasteiger partial charge < -0.3 is 19.9 Å². The maximum absolute atomic E-state index is 13.3. The number of hydrogen-bond acceptors (Lipinski definition) is 5. The molecule has 0 bridgehead atoms. The van der Waals surface area contributed by atoms with Crippen molar-refractivity contribution in [2.75, 3.05) is 27.4 Å². The third-order valence-corrected chi connectivity index (χ3v) is 5.39. The summed E-state index contributed by atoms with van der Waals surface area (Å²) >= 11 is 6.13. The zero-order valence-electron chi connectivity index (χ0n) is 17.8. The molecule has 3 aromatic carbocycles. The number of nitrogens with two attached hydrogens (primary N) is 1. The topological polar surface area (TPSA) is 75.7 Å². The number of nitrogens with zero attached hydrogens (tertiary/aromatic N) is 1. The van der Waals surface area contributed by atoms with Gasteiger partial charge in [0.25, 0.3) is 5.56 Å². The van der Waals surface area contributed by atoms with E-state index in [1.807, 2.05) is 48.5 Å². The van der Waals surface area contributed by atoms with Crippen LogP contribution in [0, 0.1) is 0 Å². The van der Waals surface area contributed by atoms with Gasteiger partial charge in [0.05, 0.1) is 19.9 Å². The van der Waals surface area contributed by atoms with E-state index >= 15 is 0 Å². The lowest BCUT2D eigenvalue weighted by atomic mass is 10.0. The highest BCUT2D eigenvalue weighted by Crippen LogP contribution is 2.37. The Morgan fingerprint density at radius 1 is 0.906 bits per heavy atom. The Balaban J connectivity index is 2.05. The Kier molecular flexibility index (Phi) is 6.35. The van der Waals surface area contributed by atoms with Gasteiger partial charge in [0.2, 0.25) is 0 Å². The van der Waals surface area contributed by atoms with E-state index in [1.165, 1.54) is 0 Å². The molecule has 7 heteroatoms. The zero-order valence-corrected chi connectivity index (χ0v) is 18.6. The fourth-order valence-electron chi connectivity index (χ4n) is 3.65. The largest absolute Gasteiger partial charge is 0.497 e. The lowest BCUT2D eigenvalue weighted by molar-refractivity contribution is 0.303. The highest BCUT2D eigenvalue weighted by atomic mass is 35.5. The zero-order chi connectivity index (χ0) is 22.7. The Morgan fingerprint density at radius 3 is 2.25 bits per heavy atom. The second-order valence-corrected chi connectivity index (χ2v) is 7.54. The van der Waals surface area contributed by atoms with Crippen molar-refractivity contribution in [3.63, 3.8) is 0 Å². The Morgan fingerprint density at radius 2 is 1.62 bits per heavy atom. The van der Waals surface area contributed by atoms with Crippen molar-refractivity contribution in [1.82, 2.24) is 4.57 Å². The standard InChI is InChI=1S/C25H23ClN2O4/c1-30-20-9-7-19(8-10-20)28-24(29)14-17-13-23(32-12-11-27)22(31-2)15-21(17)25(28)16-3-5-18(26)6-4-16/h3-10,13-15H,11-12,27H2,1-2H3. The molecule has 1 heterocycles. The summed E-state index contributed by atoms with van der Waals surface area (Å²) in [5.41, 5.74) is 7.68. The van der Waals surface area contributed by atoms with Crippen molar-refractivity contribution in [3.05, 3.63) is 82.1 Å². The van der Waals surface area contributed by atoms with Crippen LogP contribution in [-0.2, 0) is 0 Å². The summed E-state index contributed by atoms with van der Waals surface area (Å²) in [5, 5.41) is 2.18. The third kappa shape index (κ3) is 4.15. The minimum Gasteiger partial charge on any atom is -0.497 e. The van der Waals surface area contributed by atoms with E-state index in [2.05, 4.69) is 0 Å². The van der Waals surface area contributed by atoms with Gasteiger partial charge in [-0.15, -0.1) is 0 Å². The van der Waals surface area contributed by atoms with Crippen LogP contribution in [0.15, 0.2) is 71.5 Å². The van der Waals surface area contributed by atoms with E-state index < -0.39 is 0 Å². The number of halogens is 1. The predicted molar refractivity (Wildman–Crippen MR) is 128 cm³/mol. The fourth-order valence-corrected chi connectivity index (χ4v) is 3.78. The van der Waals surface area contributed by atoms with Crippen LogP contribution < -0.4 is 25.5 Å². The maximum Gasteiger partial charge on any atom is 0.256 e. The van der Waals surface area contributed by atoms with Crippen LogP contribution in [0.3, 0.4) is 0 Å². The summed E-state index contributed by atoms with van der Waals surface area (Å²) in [5.74, 6) is 1.80. The molecule has 0 fully saturated rings. The molecule has 1 aromatic heterocycles. The van der Waals surface area contributed by atoms with E-state index in [-0.39, 0.29) is 5.56 Å². The van der Waals surface area contributed by atoms with Crippen LogP contribution in [0.5, 0.6) is 17.2 Å². The molecule has 0 unspecified atom stereocenters. The molecule has 0 aliphatic carbocycles. The first-order chi connectivity index (χ1) is 15.5. The molecule has 0 amide bonds. The monoisotopic (exact) mass is 450 g/mol. The maximum atomic E-state index is 13.3. The first-order valence-electron chi connectivity index (χ1n) is 10.1. The summed E-state index contributed by atoms with van der Waals surface area (Å²) < 4.78 is 18.3. The Hall–Kier alpha value is -3.48. The van der Waals surface area contributed by atoms with Crippen LogP contribution in [0.1, 0.15) is 0 Å². The van der Waals surface area contributed by atoms with E-state index in [4.69, 9.17) is 31.5 Å². The van der Waals surface area contributed by atoms with Gasteiger partial charge in [0.15, 0.2) is 11.5 Å². The van der Waals surface area contributed by atoms with Crippen molar-refractivity contribution in [3.8, 4) is 34.2 Å². The minimum absolute atomic E-state index is 0.178. The number of benzene rings is 3. The van der Waals surface area contributed by atoms with Crippen LogP contribution in [0.2, 0.25) is 5.02 Å². The average molecular weight is 451 g/mol. The average Bonchev–Trinajstić information content (AvgIpc) is 2.82.